The number of aromatic nitrogens is 2. The van der Waals surface area contributed by atoms with Gasteiger partial charge in [-0.25, -0.2) is 4.98 Å². The van der Waals surface area contributed by atoms with E-state index in [0.29, 0.717) is 30.1 Å². The van der Waals surface area contributed by atoms with Gasteiger partial charge >= 0.3 is 5.97 Å². The van der Waals surface area contributed by atoms with Gasteiger partial charge in [0.25, 0.3) is 0 Å². The number of alkyl halides is 1. The molecule has 1 aliphatic rings. The zero-order chi connectivity index (χ0) is 20.4. The number of halogens is 1. The Kier molecular flexibility index (Phi) is 10.4. The highest BCUT2D eigenvalue weighted by Gasteiger charge is 2.23. The van der Waals surface area contributed by atoms with Crippen LogP contribution in [0.1, 0.15) is 45.4 Å². The molecule has 1 saturated heterocycles. The van der Waals surface area contributed by atoms with Crippen LogP contribution < -0.4 is 0 Å². The van der Waals surface area contributed by atoms with E-state index in [1.165, 1.54) is 0 Å². The topological polar surface area (TPSA) is 78.7 Å². The van der Waals surface area contributed by atoms with Gasteiger partial charge in [-0.15, -0.1) is 11.6 Å². The number of nitrogens with zero attached hydrogens (tertiary/aromatic N) is 4. The number of rotatable bonds is 7. The zero-order valence-corrected chi connectivity index (χ0v) is 17.7. The Morgan fingerprint density at radius 1 is 1.37 bits per heavy atom. The fraction of sp³-hybridized carbons (Fsp3) is 0.737. The van der Waals surface area contributed by atoms with Crippen LogP contribution in [-0.4, -0.2) is 74.9 Å². The number of piperidine rings is 1. The van der Waals surface area contributed by atoms with Gasteiger partial charge in [0, 0.05) is 49.7 Å². The molecule has 0 bridgehead atoms. The number of aliphatic carboxylic acids is 1. The molecule has 2 rings (SSSR count). The minimum Gasteiger partial charge on any atom is -0.480 e. The number of hydrogen-bond donors (Lipinski definition) is 1. The molecule has 0 aliphatic carbocycles. The summed E-state index contributed by atoms with van der Waals surface area (Å²) in [6, 6.07) is 0.554. The SMILES string of the molecule is CCC(C)Cl.CN(C)C1CCN(C(=O)CCc2nccn2CC(=O)O)CC1. The quantitative estimate of drug-likeness (QED) is 0.711. The Hall–Kier alpha value is -1.60. The highest BCUT2D eigenvalue weighted by molar-refractivity contribution is 6.20. The summed E-state index contributed by atoms with van der Waals surface area (Å²) in [7, 11) is 4.15. The summed E-state index contributed by atoms with van der Waals surface area (Å²) in [5.41, 5.74) is 0. The minimum atomic E-state index is -0.906. The number of carbonyl (C=O) groups excluding carboxylic acids is 1. The van der Waals surface area contributed by atoms with Crippen LogP contribution in [0.2, 0.25) is 0 Å². The molecule has 1 aromatic heterocycles. The number of carboxylic acids is 1. The predicted octanol–water partition coefficient (Wildman–Crippen LogP) is 2.48. The number of carbonyl (C=O) groups is 2. The van der Waals surface area contributed by atoms with Crippen molar-refractivity contribution >= 4 is 23.5 Å². The molecule has 1 amide bonds. The van der Waals surface area contributed by atoms with Gasteiger partial charge in [0.15, 0.2) is 0 Å². The molecule has 1 aromatic rings. The number of likely N-dealkylation sites (tertiary alicyclic amines) is 1. The second-order valence-corrected chi connectivity index (χ2v) is 7.87. The molecule has 0 saturated carbocycles. The third-order valence-electron chi connectivity index (χ3n) is 4.78. The van der Waals surface area contributed by atoms with Crippen molar-refractivity contribution in [2.24, 2.45) is 0 Å². The first kappa shape index (κ1) is 23.4. The van der Waals surface area contributed by atoms with Crippen molar-refractivity contribution in [2.45, 2.75) is 63.9 Å². The van der Waals surface area contributed by atoms with Gasteiger partial charge in [-0.2, -0.15) is 0 Å². The molecule has 1 atom stereocenters. The Balaban J connectivity index is 0.000000646. The summed E-state index contributed by atoms with van der Waals surface area (Å²) in [5, 5.41) is 9.19. The molecule has 1 unspecified atom stereocenters. The third-order valence-corrected chi connectivity index (χ3v) is 5.09. The Morgan fingerprint density at radius 2 is 1.96 bits per heavy atom. The van der Waals surface area contributed by atoms with Gasteiger partial charge in [0.1, 0.15) is 12.4 Å². The summed E-state index contributed by atoms with van der Waals surface area (Å²) in [5.74, 6) is -0.127. The van der Waals surface area contributed by atoms with Crippen LogP contribution in [0.4, 0.5) is 0 Å². The molecule has 0 aromatic carbocycles. The average molecular weight is 401 g/mol. The fourth-order valence-electron chi connectivity index (χ4n) is 2.87. The molecule has 154 valence electrons. The van der Waals surface area contributed by atoms with Crippen molar-refractivity contribution < 1.29 is 14.7 Å². The predicted molar refractivity (Wildman–Crippen MR) is 107 cm³/mol. The zero-order valence-electron chi connectivity index (χ0n) is 16.9. The van der Waals surface area contributed by atoms with Gasteiger partial charge in [-0.3, -0.25) is 9.59 Å². The summed E-state index contributed by atoms with van der Waals surface area (Å²) in [4.78, 5) is 31.3. The summed E-state index contributed by atoms with van der Waals surface area (Å²) < 4.78 is 1.58. The van der Waals surface area contributed by atoms with E-state index in [9.17, 15) is 9.59 Å². The molecule has 1 aliphatic heterocycles. The maximum absolute atomic E-state index is 12.3. The number of carboxylic acid groups (broad SMARTS) is 1. The normalized spacial score (nSPS) is 16.0. The van der Waals surface area contributed by atoms with Crippen molar-refractivity contribution in [2.75, 3.05) is 27.2 Å². The van der Waals surface area contributed by atoms with E-state index in [0.717, 1.165) is 32.4 Å². The average Bonchev–Trinajstić information content (AvgIpc) is 3.06. The highest BCUT2D eigenvalue weighted by Crippen LogP contribution is 2.15. The highest BCUT2D eigenvalue weighted by atomic mass is 35.5. The Labute approximate surface area is 167 Å². The monoisotopic (exact) mass is 400 g/mol. The van der Waals surface area contributed by atoms with E-state index in [1.807, 2.05) is 11.8 Å². The lowest BCUT2D eigenvalue weighted by Gasteiger charge is -2.35. The summed E-state index contributed by atoms with van der Waals surface area (Å²) >= 11 is 5.46. The number of hydrogen-bond acceptors (Lipinski definition) is 4. The van der Waals surface area contributed by atoms with Gasteiger partial charge in [-0.05, 0) is 40.3 Å². The number of amides is 1. The van der Waals surface area contributed by atoms with Crippen LogP contribution in [0.15, 0.2) is 12.4 Å². The first-order valence-corrected chi connectivity index (χ1v) is 9.98. The molecule has 2 heterocycles. The lowest BCUT2D eigenvalue weighted by molar-refractivity contribution is -0.137. The van der Waals surface area contributed by atoms with Crippen molar-refractivity contribution in [3.05, 3.63) is 18.2 Å². The molecule has 0 spiro atoms. The molecule has 7 nitrogen and oxygen atoms in total. The standard InChI is InChI=1S/C15H24N4O3.C4H9Cl/c1-17(2)12-5-8-18(9-6-12)14(20)4-3-13-16-7-10-19(13)11-15(21)22;1-3-4(2)5/h7,10,12H,3-6,8-9,11H2,1-2H3,(H,21,22);4H,3H2,1-2H3. The van der Waals surface area contributed by atoms with Crippen LogP contribution in [0.5, 0.6) is 0 Å². The van der Waals surface area contributed by atoms with E-state index < -0.39 is 5.97 Å². The largest absolute Gasteiger partial charge is 0.480 e. The lowest BCUT2D eigenvalue weighted by atomic mass is 10.0. The maximum atomic E-state index is 12.3. The lowest BCUT2D eigenvalue weighted by Crippen LogP contribution is -2.44. The first-order valence-electron chi connectivity index (χ1n) is 9.54. The van der Waals surface area contributed by atoms with Crippen molar-refractivity contribution in [1.82, 2.24) is 19.4 Å². The molecular weight excluding hydrogens is 368 g/mol. The molecule has 0 radical (unpaired) electrons. The van der Waals surface area contributed by atoms with Crippen LogP contribution >= 0.6 is 11.6 Å². The van der Waals surface area contributed by atoms with Gasteiger partial charge in [0.05, 0.1) is 0 Å². The maximum Gasteiger partial charge on any atom is 0.323 e. The fourth-order valence-corrected chi connectivity index (χ4v) is 2.87. The summed E-state index contributed by atoms with van der Waals surface area (Å²) in [6.45, 7) is 5.54. The van der Waals surface area contributed by atoms with Crippen LogP contribution in [0, 0.1) is 0 Å². The van der Waals surface area contributed by atoms with Crippen LogP contribution in [-0.2, 0) is 22.6 Å². The van der Waals surface area contributed by atoms with Gasteiger partial charge < -0.3 is 19.5 Å². The Bertz CT molecular complexity index is 581. The van der Waals surface area contributed by atoms with E-state index in [2.05, 4.69) is 30.9 Å². The number of imidazole rings is 1. The van der Waals surface area contributed by atoms with Crippen molar-refractivity contribution in [3.63, 3.8) is 0 Å². The minimum absolute atomic E-state index is 0.113. The van der Waals surface area contributed by atoms with E-state index >= 15 is 0 Å². The molecule has 8 heteroatoms. The first-order chi connectivity index (χ1) is 12.7. The summed E-state index contributed by atoms with van der Waals surface area (Å²) in [6.07, 6.45) is 7.15. The number of aryl methyl sites for hydroxylation is 1. The van der Waals surface area contributed by atoms with Crippen LogP contribution in [0.3, 0.4) is 0 Å². The second kappa shape index (κ2) is 12.0. The van der Waals surface area contributed by atoms with Crippen molar-refractivity contribution in [3.8, 4) is 0 Å². The van der Waals surface area contributed by atoms with Gasteiger partial charge in [0.2, 0.25) is 5.91 Å². The second-order valence-electron chi connectivity index (χ2n) is 7.13. The van der Waals surface area contributed by atoms with Crippen molar-refractivity contribution in [1.29, 1.82) is 0 Å². The molecular formula is C19H33ClN4O3. The molecule has 1 N–H and O–H groups in total. The Morgan fingerprint density at radius 3 is 2.44 bits per heavy atom. The van der Waals surface area contributed by atoms with Gasteiger partial charge in [-0.1, -0.05) is 6.92 Å². The molecule has 27 heavy (non-hydrogen) atoms. The third kappa shape index (κ3) is 8.75. The van der Waals surface area contributed by atoms with E-state index in [4.69, 9.17) is 16.7 Å². The van der Waals surface area contributed by atoms with Crippen LogP contribution in [0.25, 0.3) is 0 Å². The molecule has 1 fully saturated rings. The van der Waals surface area contributed by atoms with E-state index in [-0.39, 0.29) is 12.5 Å². The smallest absolute Gasteiger partial charge is 0.323 e. The van der Waals surface area contributed by atoms with E-state index in [1.54, 1.807) is 17.0 Å².